The number of carbonyl (C=O) groups excluding carboxylic acids is 1. The van der Waals surface area contributed by atoms with Crippen molar-refractivity contribution in [1.82, 2.24) is 0 Å². The van der Waals surface area contributed by atoms with Gasteiger partial charge in [-0.25, -0.2) is 4.39 Å². The summed E-state index contributed by atoms with van der Waals surface area (Å²) in [5, 5.41) is 4.83. The van der Waals surface area contributed by atoms with E-state index < -0.39 is 5.82 Å². The van der Waals surface area contributed by atoms with E-state index in [1.54, 1.807) is 0 Å². The summed E-state index contributed by atoms with van der Waals surface area (Å²) in [6.45, 7) is 4.65. The molecule has 4 nitrogen and oxygen atoms in total. The third-order valence-electron chi connectivity index (χ3n) is 3.40. The smallest absolute Gasteiger partial charge is 0.282 e. The van der Waals surface area contributed by atoms with Gasteiger partial charge in [0.05, 0.1) is 23.4 Å². The number of amides is 1. The van der Waals surface area contributed by atoms with E-state index in [1.807, 2.05) is 19.2 Å². The molecule has 124 valence electrons. The first-order valence-electron chi connectivity index (χ1n) is 7.27. The summed E-state index contributed by atoms with van der Waals surface area (Å²) in [6.07, 6.45) is 2.88. The Morgan fingerprint density at radius 1 is 1.45 bits per heavy atom. The number of rotatable bonds is 4. The third-order valence-corrected chi connectivity index (χ3v) is 3.69. The maximum absolute atomic E-state index is 13.9. The molecule has 1 aliphatic heterocycles. The quantitative estimate of drug-likeness (QED) is 0.756. The van der Waals surface area contributed by atoms with Crippen LogP contribution in [-0.2, 0) is 4.79 Å². The number of hydrogen-bond acceptors (Lipinski definition) is 2. The molecule has 1 unspecified atom stereocenters. The van der Waals surface area contributed by atoms with Gasteiger partial charge in [-0.15, -0.1) is 0 Å². The SMILES string of the molecule is CC(C)Oc1cc(NC(=O)C2CCCC[NH2+]2)c(F)cc1Cl.[Cl-]. The number of piperidine rings is 1. The maximum atomic E-state index is 13.9. The minimum atomic E-state index is -0.555. The Morgan fingerprint density at radius 3 is 2.77 bits per heavy atom. The molecule has 22 heavy (non-hydrogen) atoms. The number of nitrogens with one attached hydrogen (secondary N) is 1. The van der Waals surface area contributed by atoms with Crippen LogP contribution in [0.15, 0.2) is 12.1 Å². The zero-order valence-corrected chi connectivity index (χ0v) is 14.2. The Balaban J connectivity index is 0.00000242. The Labute approximate surface area is 141 Å². The Bertz CT molecular complexity index is 521. The molecule has 3 N–H and O–H groups in total. The number of halogens is 3. The van der Waals surface area contributed by atoms with Gasteiger partial charge in [-0.3, -0.25) is 4.79 Å². The van der Waals surface area contributed by atoms with Crippen molar-refractivity contribution in [3.05, 3.63) is 23.0 Å². The van der Waals surface area contributed by atoms with Gasteiger partial charge in [0.2, 0.25) is 0 Å². The van der Waals surface area contributed by atoms with Crippen LogP contribution in [0, 0.1) is 5.82 Å². The highest BCUT2D eigenvalue weighted by molar-refractivity contribution is 6.32. The van der Waals surface area contributed by atoms with Crippen LogP contribution in [0.25, 0.3) is 0 Å². The molecule has 0 spiro atoms. The average Bonchev–Trinajstić information content (AvgIpc) is 2.44. The van der Waals surface area contributed by atoms with Gasteiger partial charge in [0.1, 0.15) is 11.6 Å². The summed E-state index contributed by atoms with van der Waals surface area (Å²) in [7, 11) is 0. The Morgan fingerprint density at radius 2 is 2.18 bits per heavy atom. The molecule has 0 radical (unpaired) electrons. The topological polar surface area (TPSA) is 54.9 Å². The van der Waals surface area contributed by atoms with Crippen LogP contribution in [0.3, 0.4) is 0 Å². The normalized spacial score (nSPS) is 17.8. The van der Waals surface area contributed by atoms with Crippen LogP contribution < -0.4 is 27.8 Å². The predicted octanol–water partition coefficient (Wildman–Crippen LogP) is -0.675. The maximum Gasteiger partial charge on any atom is 0.282 e. The lowest BCUT2D eigenvalue weighted by molar-refractivity contribution is -0.684. The highest BCUT2D eigenvalue weighted by Gasteiger charge is 2.25. The first-order valence-corrected chi connectivity index (χ1v) is 7.65. The molecule has 1 aromatic carbocycles. The number of ether oxygens (including phenoxy) is 1. The lowest BCUT2D eigenvalue weighted by atomic mass is 10.0. The van der Waals surface area contributed by atoms with Gasteiger partial charge in [-0.1, -0.05) is 11.6 Å². The van der Waals surface area contributed by atoms with Crippen molar-refractivity contribution in [1.29, 1.82) is 0 Å². The molecule has 0 bridgehead atoms. The number of anilines is 1. The Kier molecular flexibility index (Phi) is 7.39. The molecule has 1 fully saturated rings. The van der Waals surface area contributed by atoms with Crippen molar-refractivity contribution >= 4 is 23.2 Å². The average molecular weight is 351 g/mol. The summed E-state index contributed by atoms with van der Waals surface area (Å²) in [5.74, 6) is -0.359. The van der Waals surface area contributed by atoms with E-state index >= 15 is 0 Å². The fourth-order valence-electron chi connectivity index (χ4n) is 2.38. The lowest BCUT2D eigenvalue weighted by Crippen LogP contribution is -3.00. The van der Waals surface area contributed by atoms with Gasteiger partial charge >= 0.3 is 0 Å². The van der Waals surface area contributed by atoms with Crippen LogP contribution in [-0.4, -0.2) is 24.6 Å². The molecule has 1 saturated heterocycles. The molecule has 2 rings (SSSR count). The molecule has 0 aliphatic carbocycles. The largest absolute Gasteiger partial charge is 1.00 e. The van der Waals surface area contributed by atoms with Crippen LogP contribution in [0.2, 0.25) is 5.02 Å². The van der Waals surface area contributed by atoms with Crippen LogP contribution in [0.1, 0.15) is 33.1 Å². The van der Waals surface area contributed by atoms with Crippen LogP contribution in [0.5, 0.6) is 5.75 Å². The number of quaternary nitrogens is 1. The van der Waals surface area contributed by atoms with Crippen molar-refractivity contribution in [3.63, 3.8) is 0 Å². The van der Waals surface area contributed by atoms with E-state index in [2.05, 4.69) is 5.32 Å². The predicted molar refractivity (Wildman–Crippen MR) is 80.2 cm³/mol. The summed E-state index contributed by atoms with van der Waals surface area (Å²) >= 11 is 5.95. The first-order chi connectivity index (χ1) is 9.97. The summed E-state index contributed by atoms with van der Waals surface area (Å²) < 4.78 is 19.4. The minimum absolute atomic E-state index is 0. The lowest BCUT2D eigenvalue weighted by Gasteiger charge is -2.20. The van der Waals surface area contributed by atoms with Gasteiger partial charge in [-0.2, -0.15) is 0 Å². The molecule has 1 heterocycles. The molecule has 7 heteroatoms. The van der Waals surface area contributed by atoms with Gasteiger partial charge in [0.25, 0.3) is 5.91 Å². The fraction of sp³-hybridized carbons (Fsp3) is 0.533. The van der Waals surface area contributed by atoms with Gasteiger partial charge in [0, 0.05) is 12.5 Å². The van der Waals surface area contributed by atoms with Crippen molar-refractivity contribution < 1.29 is 31.6 Å². The highest BCUT2D eigenvalue weighted by atomic mass is 35.5. The zero-order chi connectivity index (χ0) is 15.4. The number of nitrogens with two attached hydrogens (primary N) is 1. The molecular weight excluding hydrogens is 330 g/mol. The zero-order valence-electron chi connectivity index (χ0n) is 12.7. The molecule has 1 amide bonds. The van der Waals surface area contributed by atoms with E-state index in [0.29, 0.717) is 5.75 Å². The third kappa shape index (κ3) is 5.00. The highest BCUT2D eigenvalue weighted by Crippen LogP contribution is 2.31. The van der Waals surface area contributed by atoms with E-state index in [0.717, 1.165) is 25.8 Å². The number of carbonyl (C=O) groups is 1. The fourth-order valence-corrected chi connectivity index (χ4v) is 2.57. The number of benzene rings is 1. The molecule has 1 aromatic rings. The number of hydrogen-bond donors (Lipinski definition) is 2. The second kappa shape index (κ2) is 8.56. The molecule has 0 aromatic heterocycles. The monoisotopic (exact) mass is 350 g/mol. The van der Waals surface area contributed by atoms with Crippen molar-refractivity contribution in [2.75, 3.05) is 11.9 Å². The van der Waals surface area contributed by atoms with Gasteiger partial charge in [0.15, 0.2) is 6.04 Å². The van der Waals surface area contributed by atoms with Crippen LogP contribution in [0.4, 0.5) is 10.1 Å². The standard InChI is InChI=1S/C15H20ClFN2O2.ClH/c1-9(2)21-14-8-13(11(17)7-10(14)16)19-15(20)12-5-3-4-6-18-12;/h7-9,12,18H,3-6H2,1-2H3,(H,19,20);1H. The second-order valence-electron chi connectivity index (χ2n) is 5.54. The Hall–Kier alpha value is -1.04. The summed E-state index contributed by atoms with van der Waals surface area (Å²) in [6, 6.07) is 2.46. The molecule has 1 aliphatic rings. The van der Waals surface area contributed by atoms with E-state index in [4.69, 9.17) is 16.3 Å². The van der Waals surface area contributed by atoms with Gasteiger partial charge < -0.3 is 27.8 Å². The summed E-state index contributed by atoms with van der Waals surface area (Å²) in [5.41, 5.74) is 0.110. The van der Waals surface area contributed by atoms with Crippen molar-refractivity contribution in [2.24, 2.45) is 0 Å². The first kappa shape index (κ1) is 19.0. The minimum Gasteiger partial charge on any atom is -1.00 e. The van der Waals surface area contributed by atoms with Gasteiger partial charge in [-0.05, 0) is 32.8 Å². The van der Waals surface area contributed by atoms with E-state index in [-0.39, 0.29) is 41.2 Å². The van der Waals surface area contributed by atoms with Crippen molar-refractivity contribution in [3.8, 4) is 5.75 Å². The van der Waals surface area contributed by atoms with Crippen LogP contribution >= 0.6 is 11.6 Å². The van der Waals surface area contributed by atoms with E-state index in [9.17, 15) is 9.18 Å². The summed E-state index contributed by atoms with van der Waals surface area (Å²) in [4.78, 5) is 12.2. The van der Waals surface area contributed by atoms with Crippen molar-refractivity contribution in [2.45, 2.75) is 45.3 Å². The second-order valence-corrected chi connectivity index (χ2v) is 5.95. The molecular formula is C15H21Cl2FN2O2. The van der Waals surface area contributed by atoms with E-state index in [1.165, 1.54) is 12.1 Å². The molecule has 0 saturated carbocycles. The molecule has 1 atom stereocenters.